The van der Waals surface area contributed by atoms with Crippen molar-refractivity contribution < 1.29 is 14.3 Å². The van der Waals surface area contributed by atoms with Gasteiger partial charge in [0.2, 0.25) is 0 Å². The molecule has 0 spiro atoms. The second kappa shape index (κ2) is 4.92. The summed E-state index contributed by atoms with van der Waals surface area (Å²) in [6.07, 6.45) is 2.84. The minimum Gasteiger partial charge on any atom is -0.373 e. The molecule has 1 aliphatic rings. The molecule has 0 radical (unpaired) electrons. The van der Waals surface area contributed by atoms with Gasteiger partial charge in [-0.15, -0.1) is 0 Å². The molecule has 3 nitrogen and oxygen atoms in total. The Morgan fingerprint density at radius 3 is 2.54 bits per heavy atom. The van der Waals surface area contributed by atoms with Crippen LogP contribution < -0.4 is 0 Å². The van der Waals surface area contributed by atoms with Crippen molar-refractivity contribution in [3.63, 3.8) is 0 Å². The third kappa shape index (κ3) is 3.51. The van der Waals surface area contributed by atoms with Crippen molar-refractivity contribution in [2.24, 2.45) is 0 Å². The van der Waals surface area contributed by atoms with Crippen LogP contribution in [0.15, 0.2) is 11.6 Å². The molecule has 0 amide bonds. The van der Waals surface area contributed by atoms with Gasteiger partial charge in [-0.1, -0.05) is 6.92 Å². The highest BCUT2D eigenvalue weighted by molar-refractivity contribution is 5.93. The smallest absolute Gasteiger partial charge is 0.156 e. The lowest BCUT2D eigenvalue weighted by Crippen LogP contribution is -2.17. The van der Waals surface area contributed by atoms with Gasteiger partial charge in [0.1, 0.15) is 5.78 Å². The number of ether oxygens (including phenoxy) is 1. The molecule has 0 unspecified atom stereocenters. The minimum absolute atomic E-state index is 0.0418. The Labute approximate surface area is 77.8 Å². The summed E-state index contributed by atoms with van der Waals surface area (Å²) in [7, 11) is 0. The van der Waals surface area contributed by atoms with Crippen LogP contribution in [0.25, 0.3) is 0 Å². The van der Waals surface area contributed by atoms with Crippen molar-refractivity contribution >= 4 is 11.6 Å². The molecule has 1 saturated heterocycles. The predicted molar refractivity (Wildman–Crippen MR) is 48.4 cm³/mol. The van der Waals surface area contributed by atoms with E-state index in [1.807, 2.05) is 6.92 Å². The van der Waals surface area contributed by atoms with Crippen molar-refractivity contribution in [3.8, 4) is 0 Å². The van der Waals surface area contributed by atoms with Crippen LogP contribution in [0.4, 0.5) is 0 Å². The van der Waals surface area contributed by atoms with Gasteiger partial charge in [-0.2, -0.15) is 0 Å². The molecule has 1 fully saturated rings. The number of carbonyl (C=O) groups excluding carboxylic acids is 2. The first-order chi connectivity index (χ1) is 6.22. The Morgan fingerprint density at radius 1 is 1.38 bits per heavy atom. The molecule has 0 N–H and O–H groups in total. The van der Waals surface area contributed by atoms with Crippen molar-refractivity contribution in [1.29, 1.82) is 0 Å². The minimum atomic E-state index is 0.0418. The van der Waals surface area contributed by atoms with E-state index in [0.29, 0.717) is 32.5 Å². The second-order valence-electron chi connectivity index (χ2n) is 3.15. The predicted octanol–water partition coefficient (Wildman–Crippen LogP) is 1.27. The van der Waals surface area contributed by atoms with Gasteiger partial charge in [-0.05, 0) is 11.6 Å². The van der Waals surface area contributed by atoms with Crippen LogP contribution >= 0.6 is 0 Å². The first-order valence-corrected chi connectivity index (χ1v) is 4.54. The number of hydrogen-bond acceptors (Lipinski definition) is 3. The standard InChI is InChI=1S/C10H14O3/c1-2-9(11)3-4-10(12)5-8-6-13-7-8/h5H,2-4,6-7H2,1H3. The lowest BCUT2D eigenvalue weighted by molar-refractivity contribution is -0.122. The molecule has 1 aliphatic heterocycles. The summed E-state index contributed by atoms with van der Waals surface area (Å²) in [5.74, 6) is 0.191. The van der Waals surface area contributed by atoms with Gasteiger partial charge in [0.15, 0.2) is 5.78 Å². The lowest BCUT2D eigenvalue weighted by atomic mass is 10.1. The van der Waals surface area contributed by atoms with E-state index in [-0.39, 0.29) is 11.6 Å². The van der Waals surface area contributed by atoms with E-state index in [2.05, 4.69) is 0 Å². The largest absolute Gasteiger partial charge is 0.373 e. The maximum absolute atomic E-state index is 11.2. The Kier molecular flexibility index (Phi) is 3.83. The summed E-state index contributed by atoms with van der Waals surface area (Å²) < 4.78 is 4.90. The van der Waals surface area contributed by atoms with Crippen LogP contribution in [0, 0.1) is 0 Å². The van der Waals surface area contributed by atoms with Crippen molar-refractivity contribution in [3.05, 3.63) is 11.6 Å². The molecule has 0 bridgehead atoms. The molecule has 0 aromatic heterocycles. The Bertz CT molecular complexity index is 235. The zero-order chi connectivity index (χ0) is 9.68. The topological polar surface area (TPSA) is 43.4 Å². The van der Waals surface area contributed by atoms with Gasteiger partial charge in [0.05, 0.1) is 13.2 Å². The lowest BCUT2D eigenvalue weighted by Gasteiger charge is -2.16. The molecule has 0 aliphatic carbocycles. The quantitative estimate of drug-likeness (QED) is 0.601. The third-order valence-electron chi connectivity index (χ3n) is 1.98. The van der Waals surface area contributed by atoms with Gasteiger partial charge >= 0.3 is 0 Å². The van der Waals surface area contributed by atoms with E-state index in [1.54, 1.807) is 6.08 Å². The number of hydrogen-bond donors (Lipinski definition) is 0. The van der Waals surface area contributed by atoms with Crippen LogP contribution in [-0.2, 0) is 14.3 Å². The molecular weight excluding hydrogens is 168 g/mol. The van der Waals surface area contributed by atoms with Gasteiger partial charge < -0.3 is 4.74 Å². The van der Waals surface area contributed by atoms with Crippen LogP contribution in [0.2, 0.25) is 0 Å². The number of allylic oxidation sites excluding steroid dienone is 1. The average Bonchev–Trinajstić information content (AvgIpc) is 2.07. The molecule has 13 heavy (non-hydrogen) atoms. The summed E-state index contributed by atoms with van der Waals surface area (Å²) in [6.45, 7) is 2.96. The summed E-state index contributed by atoms with van der Waals surface area (Å²) in [5.41, 5.74) is 1.04. The molecule has 0 aromatic carbocycles. The van der Waals surface area contributed by atoms with Gasteiger partial charge in [0, 0.05) is 19.3 Å². The zero-order valence-electron chi connectivity index (χ0n) is 7.84. The van der Waals surface area contributed by atoms with Crippen LogP contribution in [0.5, 0.6) is 0 Å². The maximum Gasteiger partial charge on any atom is 0.156 e. The van der Waals surface area contributed by atoms with Crippen LogP contribution in [-0.4, -0.2) is 24.8 Å². The normalized spacial score (nSPS) is 15.0. The van der Waals surface area contributed by atoms with Gasteiger partial charge in [-0.25, -0.2) is 0 Å². The Hall–Kier alpha value is -0.960. The van der Waals surface area contributed by atoms with Crippen LogP contribution in [0.3, 0.4) is 0 Å². The zero-order valence-corrected chi connectivity index (χ0v) is 7.84. The van der Waals surface area contributed by atoms with Crippen molar-refractivity contribution in [2.45, 2.75) is 26.2 Å². The first-order valence-electron chi connectivity index (χ1n) is 4.54. The van der Waals surface area contributed by atoms with E-state index in [4.69, 9.17) is 4.74 Å². The van der Waals surface area contributed by atoms with Crippen LogP contribution in [0.1, 0.15) is 26.2 Å². The third-order valence-corrected chi connectivity index (χ3v) is 1.98. The van der Waals surface area contributed by atoms with Gasteiger partial charge in [-0.3, -0.25) is 9.59 Å². The fourth-order valence-corrected chi connectivity index (χ4v) is 1.04. The number of ketones is 2. The fourth-order valence-electron chi connectivity index (χ4n) is 1.04. The molecule has 72 valence electrons. The molecule has 0 saturated carbocycles. The summed E-state index contributed by atoms with van der Waals surface area (Å²) >= 11 is 0. The monoisotopic (exact) mass is 182 g/mol. The van der Waals surface area contributed by atoms with E-state index >= 15 is 0 Å². The Morgan fingerprint density at radius 2 is 2.08 bits per heavy atom. The summed E-state index contributed by atoms with van der Waals surface area (Å²) in [5, 5.41) is 0. The molecule has 1 heterocycles. The summed E-state index contributed by atoms with van der Waals surface area (Å²) in [6, 6.07) is 0. The molecule has 1 rings (SSSR count). The highest BCUT2D eigenvalue weighted by Gasteiger charge is 2.11. The molecule has 3 heteroatoms. The van der Waals surface area contributed by atoms with E-state index in [1.165, 1.54) is 0 Å². The summed E-state index contributed by atoms with van der Waals surface area (Å²) in [4.78, 5) is 22.1. The second-order valence-corrected chi connectivity index (χ2v) is 3.15. The molecular formula is C10H14O3. The van der Waals surface area contributed by atoms with E-state index in [9.17, 15) is 9.59 Å². The first kappa shape index (κ1) is 10.1. The fraction of sp³-hybridized carbons (Fsp3) is 0.600. The average molecular weight is 182 g/mol. The van der Waals surface area contributed by atoms with E-state index < -0.39 is 0 Å². The Balaban J connectivity index is 2.21. The molecule has 0 atom stereocenters. The number of carbonyl (C=O) groups is 2. The van der Waals surface area contributed by atoms with E-state index in [0.717, 1.165) is 5.57 Å². The SMILES string of the molecule is CCC(=O)CCC(=O)C=C1COC1. The van der Waals surface area contributed by atoms with Crippen molar-refractivity contribution in [1.82, 2.24) is 0 Å². The number of rotatable bonds is 5. The van der Waals surface area contributed by atoms with Gasteiger partial charge in [0.25, 0.3) is 0 Å². The van der Waals surface area contributed by atoms with Crippen molar-refractivity contribution in [2.75, 3.05) is 13.2 Å². The highest BCUT2D eigenvalue weighted by Crippen LogP contribution is 2.09. The number of Topliss-reactive ketones (excluding diaryl/α,β-unsaturated/α-hetero) is 1. The maximum atomic E-state index is 11.2. The molecule has 0 aromatic rings. The highest BCUT2D eigenvalue weighted by atomic mass is 16.5.